The molecule has 1 fully saturated rings. The van der Waals surface area contributed by atoms with E-state index in [1.165, 1.54) is 12.1 Å². The summed E-state index contributed by atoms with van der Waals surface area (Å²) in [5, 5.41) is 0. The summed E-state index contributed by atoms with van der Waals surface area (Å²) < 4.78 is 18.4. The van der Waals surface area contributed by atoms with E-state index in [0.29, 0.717) is 50.6 Å². The third-order valence-corrected chi connectivity index (χ3v) is 5.05. The van der Waals surface area contributed by atoms with E-state index in [2.05, 4.69) is 4.90 Å². The zero-order valence-corrected chi connectivity index (χ0v) is 16.6. The smallest absolute Gasteiger partial charge is 0.257 e. The normalized spacial score (nSPS) is 14.9. The van der Waals surface area contributed by atoms with Gasteiger partial charge in [0.1, 0.15) is 17.3 Å². The van der Waals surface area contributed by atoms with E-state index >= 15 is 0 Å². The third kappa shape index (κ3) is 4.78. The Labute approximate surface area is 164 Å². The van der Waals surface area contributed by atoms with E-state index < -0.39 is 0 Å². The Hall–Kier alpha value is -2.67. The van der Waals surface area contributed by atoms with Gasteiger partial charge in [-0.1, -0.05) is 12.1 Å². The van der Waals surface area contributed by atoms with Crippen LogP contribution in [0.3, 0.4) is 0 Å². The van der Waals surface area contributed by atoms with E-state index in [0.717, 1.165) is 11.3 Å². The Morgan fingerprint density at radius 3 is 2.32 bits per heavy atom. The van der Waals surface area contributed by atoms with Gasteiger partial charge in [-0.25, -0.2) is 4.39 Å². The molecule has 1 aromatic carbocycles. The van der Waals surface area contributed by atoms with Crippen LogP contribution >= 0.6 is 0 Å². The Balaban J connectivity index is 1.48. The summed E-state index contributed by atoms with van der Waals surface area (Å²) in [5.74, 6) is 1.07. The van der Waals surface area contributed by atoms with Gasteiger partial charge in [-0.3, -0.25) is 14.5 Å². The van der Waals surface area contributed by atoms with E-state index in [4.69, 9.17) is 4.42 Å². The third-order valence-electron chi connectivity index (χ3n) is 5.05. The highest BCUT2D eigenvalue weighted by atomic mass is 19.1. The van der Waals surface area contributed by atoms with Crippen LogP contribution in [0.15, 0.2) is 34.7 Å². The van der Waals surface area contributed by atoms with Crippen molar-refractivity contribution in [2.45, 2.75) is 20.4 Å². The molecule has 2 heterocycles. The summed E-state index contributed by atoms with van der Waals surface area (Å²) in [4.78, 5) is 30.6. The van der Waals surface area contributed by atoms with Crippen LogP contribution in [-0.4, -0.2) is 66.3 Å². The van der Waals surface area contributed by atoms with Crippen LogP contribution in [0.4, 0.5) is 4.39 Å². The Bertz CT molecular complexity index is 839. The summed E-state index contributed by atoms with van der Waals surface area (Å²) in [7, 11) is 1.75. The number of piperazine rings is 1. The fraction of sp³-hybridized carbons (Fsp3) is 0.429. The minimum Gasteiger partial charge on any atom is -0.466 e. The van der Waals surface area contributed by atoms with Gasteiger partial charge >= 0.3 is 0 Å². The average molecular weight is 387 g/mol. The number of hydrogen-bond acceptors (Lipinski definition) is 4. The van der Waals surface area contributed by atoms with Crippen molar-refractivity contribution in [1.82, 2.24) is 14.7 Å². The van der Waals surface area contributed by atoms with Crippen molar-refractivity contribution in [2.75, 3.05) is 39.8 Å². The molecule has 150 valence electrons. The summed E-state index contributed by atoms with van der Waals surface area (Å²) in [5.41, 5.74) is 1.50. The number of carbonyl (C=O) groups excluding carboxylic acids is 2. The standard InChI is InChI=1S/C21H26FN3O3/c1-15-12-19(16(2)28-15)21(27)25-10-8-24(9-11-25)14-20(26)23(3)13-17-4-6-18(22)7-5-17/h4-7,12H,8-11,13-14H2,1-3H3. The number of amides is 2. The lowest BCUT2D eigenvalue weighted by Crippen LogP contribution is -2.51. The van der Waals surface area contributed by atoms with E-state index in [9.17, 15) is 14.0 Å². The van der Waals surface area contributed by atoms with Crippen LogP contribution in [0.5, 0.6) is 0 Å². The number of aryl methyl sites for hydroxylation is 2. The van der Waals surface area contributed by atoms with Crippen LogP contribution < -0.4 is 0 Å². The van der Waals surface area contributed by atoms with Gasteiger partial charge in [0.2, 0.25) is 5.91 Å². The Kier molecular flexibility index (Phi) is 6.14. The first-order chi connectivity index (χ1) is 13.3. The fourth-order valence-corrected chi connectivity index (χ4v) is 3.39. The second-order valence-electron chi connectivity index (χ2n) is 7.27. The molecular formula is C21H26FN3O3. The SMILES string of the molecule is Cc1cc(C(=O)N2CCN(CC(=O)N(C)Cc3ccc(F)cc3)CC2)c(C)o1. The zero-order chi connectivity index (χ0) is 20.3. The average Bonchev–Trinajstić information content (AvgIpc) is 3.01. The first-order valence-electron chi connectivity index (χ1n) is 9.40. The summed E-state index contributed by atoms with van der Waals surface area (Å²) >= 11 is 0. The molecule has 0 unspecified atom stereocenters. The van der Waals surface area contributed by atoms with Gasteiger partial charge in [-0.2, -0.15) is 0 Å². The van der Waals surface area contributed by atoms with Gasteiger partial charge < -0.3 is 14.2 Å². The molecule has 1 aliphatic rings. The van der Waals surface area contributed by atoms with Gasteiger partial charge in [-0.15, -0.1) is 0 Å². The molecule has 0 radical (unpaired) electrons. The molecular weight excluding hydrogens is 361 g/mol. The highest BCUT2D eigenvalue weighted by molar-refractivity contribution is 5.95. The zero-order valence-electron chi connectivity index (χ0n) is 16.6. The summed E-state index contributed by atoms with van der Waals surface area (Å²) in [6.07, 6.45) is 0. The number of rotatable bonds is 5. The van der Waals surface area contributed by atoms with E-state index in [1.54, 1.807) is 42.0 Å². The molecule has 7 heteroatoms. The van der Waals surface area contributed by atoms with Crippen molar-refractivity contribution < 1.29 is 18.4 Å². The van der Waals surface area contributed by atoms with Crippen LogP contribution in [0, 0.1) is 19.7 Å². The predicted octanol–water partition coefficient (Wildman–Crippen LogP) is 2.45. The Morgan fingerprint density at radius 1 is 1.11 bits per heavy atom. The van der Waals surface area contributed by atoms with E-state index in [-0.39, 0.29) is 17.6 Å². The lowest BCUT2D eigenvalue weighted by Gasteiger charge is -2.35. The Morgan fingerprint density at radius 2 is 1.75 bits per heavy atom. The monoisotopic (exact) mass is 387 g/mol. The van der Waals surface area contributed by atoms with Gasteiger partial charge in [-0.05, 0) is 37.6 Å². The minimum absolute atomic E-state index is 0.00500. The maximum Gasteiger partial charge on any atom is 0.257 e. The molecule has 0 aliphatic carbocycles. The minimum atomic E-state index is -0.286. The highest BCUT2D eigenvalue weighted by Crippen LogP contribution is 2.17. The molecule has 1 aromatic heterocycles. The molecule has 6 nitrogen and oxygen atoms in total. The maximum absolute atomic E-state index is 13.0. The second kappa shape index (κ2) is 8.56. The predicted molar refractivity (Wildman–Crippen MR) is 103 cm³/mol. The van der Waals surface area contributed by atoms with Gasteiger partial charge in [0, 0.05) is 39.8 Å². The largest absolute Gasteiger partial charge is 0.466 e. The maximum atomic E-state index is 13.0. The number of benzene rings is 1. The highest BCUT2D eigenvalue weighted by Gasteiger charge is 2.26. The lowest BCUT2D eigenvalue weighted by molar-refractivity contribution is -0.132. The molecule has 28 heavy (non-hydrogen) atoms. The van der Waals surface area contributed by atoms with E-state index in [1.807, 2.05) is 6.92 Å². The van der Waals surface area contributed by atoms with Crippen LogP contribution in [0.2, 0.25) is 0 Å². The van der Waals surface area contributed by atoms with Crippen molar-refractivity contribution in [2.24, 2.45) is 0 Å². The number of furan rings is 1. The molecule has 0 atom stereocenters. The van der Waals surface area contributed by atoms with Crippen LogP contribution in [0.25, 0.3) is 0 Å². The van der Waals surface area contributed by atoms with Gasteiger partial charge in [0.15, 0.2) is 0 Å². The molecule has 0 saturated carbocycles. The van der Waals surface area contributed by atoms with Crippen molar-refractivity contribution in [3.63, 3.8) is 0 Å². The van der Waals surface area contributed by atoms with Gasteiger partial charge in [0.05, 0.1) is 12.1 Å². The number of likely N-dealkylation sites (N-methyl/N-ethyl adjacent to an activating group) is 1. The topological polar surface area (TPSA) is 57.0 Å². The molecule has 1 saturated heterocycles. The first kappa shape index (κ1) is 20.1. The molecule has 2 aromatic rings. The van der Waals surface area contributed by atoms with Crippen molar-refractivity contribution in [3.8, 4) is 0 Å². The summed E-state index contributed by atoms with van der Waals surface area (Å²) in [6, 6.07) is 7.93. The number of nitrogens with zero attached hydrogens (tertiary/aromatic N) is 3. The van der Waals surface area contributed by atoms with Crippen molar-refractivity contribution in [3.05, 3.63) is 58.8 Å². The molecule has 0 spiro atoms. The number of hydrogen-bond donors (Lipinski definition) is 0. The second-order valence-corrected chi connectivity index (χ2v) is 7.27. The van der Waals surface area contributed by atoms with Crippen molar-refractivity contribution >= 4 is 11.8 Å². The van der Waals surface area contributed by atoms with Gasteiger partial charge in [0.25, 0.3) is 5.91 Å². The molecule has 0 N–H and O–H groups in total. The molecule has 0 bridgehead atoms. The molecule has 1 aliphatic heterocycles. The molecule has 2 amide bonds. The quantitative estimate of drug-likeness (QED) is 0.791. The fourth-order valence-electron chi connectivity index (χ4n) is 3.39. The summed E-state index contributed by atoms with van der Waals surface area (Å²) in [6.45, 7) is 6.84. The number of carbonyl (C=O) groups is 2. The van der Waals surface area contributed by atoms with Crippen molar-refractivity contribution in [1.29, 1.82) is 0 Å². The van der Waals surface area contributed by atoms with Crippen LogP contribution in [-0.2, 0) is 11.3 Å². The first-order valence-corrected chi connectivity index (χ1v) is 9.40. The lowest BCUT2D eigenvalue weighted by atomic mass is 10.2. The molecule has 3 rings (SSSR count). The van der Waals surface area contributed by atoms with Crippen LogP contribution in [0.1, 0.15) is 27.4 Å². The number of halogens is 1.